The Labute approximate surface area is 71.7 Å². The fourth-order valence-corrected chi connectivity index (χ4v) is 0.939. The molecule has 0 saturated heterocycles. The number of aliphatic imine (C=N–C) groups is 1. The Kier molecular flexibility index (Phi) is 2.07. The van der Waals surface area contributed by atoms with Crippen molar-refractivity contribution in [2.45, 2.75) is 18.3 Å². The molecule has 1 atom stereocenters. The molecule has 1 heterocycles. The van der Waals surface area contributed by atoms with Gasteiger partial charge in [0.05, 0.1) is 0 Å². The first-order chi connectivity index (χ1) is 5.79. The van der Waals surface area contributed by atoms with E-state index in [-0.39, 0.29) is 4.90 Å². The number of rotatable bonds is 0. The molecule has 2 amide bonds. The first kappa shape index (κ1) is 9.97. The van der Waals surface area contributed by atoms with Crippen molar-refractivity contribution in [1.29, 1.82) is 0 Å². The number of urea groups is 1. The number of amides is 2. The molecular formula is C6H7F3N2O2. The summed E-state index contributed by atoms with van der Waals surface area (Å²) >= 11 is 0. The third kappa shape index (κ3) is 1.39. The maximum Gasteiger partial charge on any atom is 0.437 e. The smallest absolute Gasteiger partial charge is 0.363 e. The highest BCUT2D eigenvalue weighted by Gasteiger charge is 2.58. The number of nitrogens with zero attached hydrogens (tertiary/aromatic N) is 2. The van der Waals surface area contributed by atoms with Crippen LogP contribution in [0.5, 0.6) is 0 Å². The molecule has 0 fully saturated rings. The molecule has 0 aromatic carbocycles. The van der Waals surface area contributed by atoms with E-state index in [1.165, 1.54) is 0 Å². The van der Waals surface area contributed by atoms with Crippen molar-refractivity contribution in [2.24, 2.45) is 4.99 Å². The van der Waals surface area contributed by atoms with Crippen LogP contribution in [0.15, 0.2) is 4.99 Å². The zero-order valence-corrected chi connectivity index (χ0v) is 6.67. The van der Waals surface area contributed by atoms with Crippen LogP contribution in [0.1, 0.15) is 6.42 Å². The number of aliphatic hydroxyl groups is 1. The second-order valence-corrected chi connectivity index (χ2v) is 2.67. The molecule has 0 bridgehead atoms. The molecule has 4 nitrogen and oxygen atoms in total. The predicted octanol–water partition coefficient (Wildman–Crippen LogP) is 0.764. The quantitative estimate of drug-likeness (QED) is 0.621. The molecule has 1 aliphatic heterocycles. The zero-order chi connectivity index (χ0) is 10.3. The molecular weight excluding hydrogens is 189 g/mol. The van der Waals surface area contributed by atoms with Crippen molar-refractivity contribution in [3.05, 3.63) is 0 Å². The van der Waals surface area contributed by atoms with Gasteiger partial charge in [-0.05, 0) is 0 Å². The molecule has 1 rings (SSSR count). The summed E-state index contributed by atoms with van der Waals surface area (Å²) < 4.78 is 36.7. The standard InChI is InChI=1S/C6H7F3N2O2/c1-11-4(12)10-3-2-5(11,13)6(7,8)9/h3,13H,2H2,1H3. The van der Waals surface area contributed by atoms with Crippen molar-refractivity contribution in [1.82, 2.24) is 4.90 Å². The van der Waals surface area contributed by atoms with Gasteiger partial charge in [-0.15, -0.1) is 0 Å². The van der Waals surface area contributed by atoms with Crippen LogP contribution in [-0.4, -0.2) is 41.2 Å². The second kappa shape index (κ2) is 2.69. The van der Waals surface area contributed by atoms with E-state index in [1.54, 1.807) is 0 Å². The molecule has 1 aliphatic rings. The van der Waals surface area contributed by atoms with Crippen LogP contribution in [-0.2, 0) is 0 Å². The summed E-state index contributed by atoms with van der Waals surface area (Å²) in [6, 6.07) is -1.11. The van der Waals surface area contributed by atoms with Gasteiger partial charge in [0, 0.05) is 19.7 Å². The molecule has 0 spiro atoms. The fraction of sp³-hybridized carbons (Fsp3) is 0.667. The molecule has 0 aromatic heterocycles. The summed E-state index contributed by atoms with van der Waals surface area (Å²) in [6.45, 7) is 0. The number of halogens is 3. The minimum absolute atomic E-state index is 0.174. The second-order valence-electron chi connectivity index (χ2n) is 2.67. The Balaban J connectivity index is 3.04. The molecule has 1 N–H and O–H groups in total. The number of alkyl halides is 3. The SMILES string of the molecule is CN1C(=O)N=CCC1(O)C(F)(F)F. The van der Waals surface area contributed by atoms with Crippen LogP contribution in [0, 0.1) is 0 Å². The van der Waals surface area contributed by atoms with Gasteiger partial charge in [-0.1, -0.05) is 0 Å². The lowest BCUT2D eigenvalue weighted by Gasteiger charge is -2.38. The van der Waals surface area contributed by atoms with Crippen molar-refractivity contribution >= 4 is 12.2 Å². The van der Waals surface area contributed by atoms with E-state index in [4.69, 9.17) is 5.11 Å². The van der Waals surface area contributed by atoms with Gasteiger partial charge in [0.25, 0.3) is 0 Å². The van der Waals surface area contributed by atoms with Crippen LogP contribution >= 0.6 is 0 Å². The Bertz CT molecular complexity index is 263. The number of carbonyl (C=O) groups is 1. The molecule has 0 aromatic rings. The number of carbonyl (C=O) groups excluding carboxylic acids is 1. The van der Waals surface area contributed by atoms with E-state index < -0.39 is 24.4 Å². The highest BCUT2D eigenvalue weighted by molar-refractivity contribution is 5.87. The minimum Gasteiger partial charge on any atom is -0.363 e. The molecule has 7 heteroatoms. The lowest BCUT2D eigenvalue weighted by Crippen LogP contribution is -2.60. The van der Waals surface area contributed by atoms with Gasteiger partial charge in [-0.3, -0.25) is 4.90 Å². The fourth-order valence-electron chi connectivity index (χ4n) is 0.939. The summed E-state index contributed by atoms with van der Waals surface area (Å²) in [5.74, 6) is 0. The van der Waals surface area contributed by atoms with Crippen molar-refractivity contribution in [3.8, 4) is 0 Å². The molecule has 0 saturated carbocycles. The lowest BCUT2D eigenvalue weighted by atomic mass is 10.1. The number of hydrogen-bond donors (Lipinski definition) is 1. The third-order valence-corrected chi connectivity index (χ3v) is 1.87. The Morgan fingerprint density at radius 1 is 1.69 bits per heavy atom. The summed E-state index contributed by atoms with van der Waals surface area (Å²) in [6.07, 6.45) is -4.85. The largest absolute Gasteiger partial charge is 0.437 e. The van der Waals surface area contributed by atoms with Crippen molar-refractivity contribution in [3.63, 3.8) is 0 Å². The van der Waals surface area contributed by atoms with Crippen molar-refractivity contribution in [2.75, 3.05) is 7.05 Å². The van der Waals surface area contributed by atoms with E-state index >= 15 is 0 Å². The van der Waals surface area contributed by atoms with Gasteiger partial charge in [0.15, 0.2) is 0 Å². The summed E-state index contributed by atoms with van der Waals surface area (Å²) in [5, 5.41) is 9.14. The van der Waals surface area contributed by atoms with E-state index in [9.17, 15) is 18.0 Å². The summed E-state index contributed by atoms with van der Waals surface area (Å²) in [5.41, 5.74) is -3.12. The normalized spacial score (nSPS) is 29.6. The van der Waals surface area contributed by atoms with E-state index in [1.807, 2.05) is 0 Å². The van der Waals surface area contributed by atoms with Crippen LogP contribution in [0.2, 0.25) is 0 Å². The predicted molar refractivity (Wildman–Crippen MR) is 37.3 cm³/mol. The van der Waals surface area contributed by atoms with E-state index in [0.29, 0.717) is 0 Å². The van der Waals surface area contributed by atoms with Crippen LogP contribution in [0.3, 0.4) is 0 Å². The average Bonchev–Trinajstić information content (AvgIpc) is 1.98. The monoisotopic (exact) mass is 196 g/mol. The van der Waals surface area contributed by atoms with E-state index in [0.717, 1.165) is 13.3 Å². The van der Waals surface area contributed by atoms with Crippen molar-refractivity contribution < 1.29 is 23.1 Å². The highest BCUT2D eigenvalue weighted by Crippen LogP contribution is 2.36. The molecule has 1 unspecified atom stereocenters. The zero-order valence-electron chi connectivity index (χ0n) is 6.67. The first-order valence-corrected chi connectivity index (χ1v) is 3.38. The van der Waals surface area contributed by atoms with Crippen LogP contribution < -0.4 is 0 Å². The topological polar surface area (TPSA) is 52.9 Å². The minimum atomic E-state index is -4.87. The molecule has 13 heavy (non-hydrogen) atoms. The van der Waals surface area contributed by atoms with Crippen LogP contribution in [0.4, 0.5) is 18.0 Å². The third-order valence-electron chi connectivity index (χ3n) is 1.87. The van der Waals surface area contributed by atoms with Gasteiger partial charge in [0.2, 0.25) is 5.72 Å². The molecule has 74 valence electrons. The van der Waals surface area contributed by atoms with Gasteiger partial charge < -0.3 is 5.11 Å². The average molecular weight is 196 g/mol. The van der Waals surface area contributed by atoms with E-state index in [2.05, 4.69) is 4.99 Å². The summed E-state index contributed by atoms with van der Waals surface area (Å²) in [7, 11) is 0.853. The van der Waals surface area contributed by atoms with Gasteiger partial charge in [0.1, 0.15) is 0 Å². The van der Waals surface area contributed by atoms with Gasteiger partial charge in [-0.25, -0.2) is 9.79 Å². The Morgan fingerprint density at radius 3 is 2.62 bits per heavy atom. The van der Waals surface area contributed by atoms with Crippen LogP contribution in [0.25, 0.3) is 0 Å². The summed E-state index contributed by atoms with van der Waals surface area (Å²) in [4.78, 5) is 14.0. The maximum absolute atomic E-state index is 12.2. The number of hydrogen-bond acceptors (Lipinski definition) is 2. The Hall–Kier alpha value is -1.11. The first-order valence-electron chi connectivity index (χ1n) is 3.38. The molecule has 0 aliphatic carbocycles. The highest BCUT2D eigenvalue weighted by atomic mass is 19.4. The maximum atomic E-state index is 12.2. The van der Waals surface area contributed by atoms with Gasteiger partial charge >= 0.3 is 12.2 Å². The Morgan fingerprint density at radius 2 is 2.23 bits per heavy atom. The lowest BCUT2D eigenvalue weighted by molar-refractivity contribution is -0.298. The van der Waals surface area contributed by atoms with Gasteiger partial charge in [-0.2, -0.15) is 13.2 Å². The molecule has 0 radical (unpaired) electrons.